The largest absolute Gasteiger partial charge is 0.465 e. The molecule has 1 aliphatic heterocycles. The van der Waals surface area contributed by atoms with Gasteiger partial charge in [0, 0.05) is 32.7 Å². The van der Waals surface area contributed by atoms with Crippen molar-refractivity contribution in [2.24, 2.45) is 0 Å². The Morgan fingerprint density at radius 1 is 1.09 bits per heavy atom. The highest BCUT2D eigenvalue weighted by Gasteiger charge is 2.27. The molecule has 8 heteroatoms. The van der Waals surface area contributed by atoms with Crippen LogP contribution in [0, 0.1) is 6.92 Å². The van der Waals surface area contributed by atoms with Gasteiger partial charge >= 0.3 is 5.97 Å². The van der Waals surface area contributed by atoms with Crippen LogP contribution in [0.5, 0.6) is 0 Å². The van der Waals surface area contributed by atoms with E-state index in [0.717, 1.165) is 37.6 Å². The standard InChI is InChI=1S/C27H39N3O5/c1-4-34-27(32)23(3)29(15-14-28-16-18-33-19-17-28)21-26(31)30(20-25-11-10-22(2)35-25)13-12-24-8-6-5-7-9-24/h5-11,23H,4,12-21H2,1-3H3/t23-/m1/s1. The average Bonchev–Trinajstić information content (AvgIpc) is 3.29. The molecule has 3 rings (SSSR count). The number of hydrogen-bond acceptors (Lipinski definition) is 7. The maximum Gasteiger partial charge on any atom is 0.323 e. The summed E-state index contributed by atoms with van der Waals surface area (Å²) in [5.41, 5.74) is 1.17. The Balaban J connectivity index is 1.70. The van der Waals surface area contributed by atoms with E-state index in [4.69, 9.17) is 13.9 Å². The van der Waals surface area contributed by atoms with Crippen molar-refractivity contribution in [3.8, 4) is 0 Å². The van der Waals surface area contributed by atoms with Gasteiger partial charge in [0.1, 0.15) is 17.6 Å². The molecule has 8 nitrogen and oxygen atoms in total. The van der Waals surface area contributed by atoms with Crippen LogP contribution in [0.2, 0.25) is 0 Å². The van der Waals surface area contributed by atoms with E-state index in [1.807, 2.05) is 54.0 Å². The van der Waals surface area contributed by atoms with Crippen LogP contribution in [-0.2, 0) is 32.0 Å². The van der Waals surface area contributed by atoms with Crippen molar-refractivity contribution >= 4 is 11.9 Å². The predicted octanol–water partition coefficient (Wildman–Crippen LogP) is 2.75. The zero-order chi connectivity index (χ0) is 25.0. The molecule has 0 saturated carbocycles. The number of furan rings is 1. The number of carbonyl (C=O) groups excluding carboxylic acids is 2. The van der Waals surface area contributed by atoms with Crippen LogP contribution in [-0.4, -0.2) is 91.7 Å². The molecular weight excluding hydrogens is 446 g/mol. The summed E-state index contributed by atoms with van der Waals surface area (Å²) >= 11 is 0. The van der Waals surface area contributed by atoms with Gasteiger partial charge in [-0.15, -0.1) is 0 Å². The first-order valence-electron chi connectivity index (χ1n) is 12.5. The maximum absolute atomic E-state index is 13.6. The molecule has 0 spiro atoms. The molecule has 0 radical (unpaired) electrons. The van der Waals surface area contributed by atoms with Crippen molar-refractivity contribution in [2.75, 3.05) is 59.1 Å². The number of benzene rings is 1. The van der Waals surface area contributed by atoms with E-state index < -0.39 is 6.04 Å². The summed E-state index contributed by atoms with van der Waals surface area (Å²) in [6.07, 6.45) is 0.744. The number of rotatable bonds is 13. The normalized spacial score (nSPS) is 15.2. The molecule has 1 atom stereocenters. The van der Waals surface area contributed by atoms with Gasteiger partial charge in [-0.25, -0.2) is 0 Å². The molecule has 192 valence electrons. The van der Waals surface area contributed by atoms with E-state index in [1.165, 1.54) is 5.56 Å². The molecule has 1 aromatic heterocycles. The molecule has 35 heavy (non-hydrogen) atoms. The lowest BCUT2D eigenvalue weighted by atomic mass is 10.1. The molecule has 1 aliphatic rings. The monoisotopic (exact) mass is 485 g/mol. The van der Waals surface area contributed by atoms with Crippen molar-refractivity contribution in [1.82, 2.24) is 14.7 Å². The molecular formula is C27H39N3O5. The van der Waals surface area contributed by atoms with Gasteiger partial charge in [-0.2, -0.15) is 0 Å². The molecule has 0 unspecified atom stereocenters. The van der Waals surface area contributed by atoms with Gasteiger partial charge in [-0.05, 0) is 44.9 Å². The first-order chi connectivity index (χ1) is 17.0. The minimum atomic E-state index is -0.512. The van der Waals surface area contributed by atoms with E-state index in [1.54, 1.807) is 6.92 Å². The number of morpholine rings is 1. The Labute approximate surface area is 208 Å². The first-order valence-corrected chi connectivity index (χ1v) is 12.5. The Bertz CT molecular complexity index is 911. The average molecular weight is 486 g/mol. The zero-order valence-electron chi connectivity index (χ0n) is 21.3. The lowest BCUT2D eigenvalue weighted by Gasteiger charge is -2.33. The van der Waals surface area contributed by atoms with E-state index >= 15 is 0 Å². The minimum Gasteiger partial charge on any atom is -0.465 e. The Kier molecular flexibility index (Phi) is 10.8. The number of ether oxygens (including phenoxy) is 2. The highest BCUT2D eigenvalue weighted by molar-refractivity contribution is 5.80. The molecule has 0 N–H and O–H groups in total. The van der Waals surface area contributed by atoms with E-state index in [9.17, 15) is 9.59 Å². The van der Waals surface area contributed by atoms with Gasteiger partial charge in [-0.3, -0.25) is 19.4 Å². The fourth-order valence-corrected chi connectivity index (χ4v) is 4.15. The highest BCUT2D eigenvalue weighted by Crippen LogP contribution is 2.13. The molecule has 2 aromatic rings. The topological polar surface area (TPSA) is 75.5 Å². The molecule has 0 aliphatic carbocycles. The third-order valence-corrected chi connectivity index (χ3v) is 6.33. The van der Waals surface area contributed by atoms with E-state index in [2.05, 4.69) is 17.0 Å². The molecule has 1 fully saturated rings. The fraction of sp³-hybridized carbons (Fsp3) is 0.556. The Morgan fingerprint density at radius 3 is 2.49 bits per heavy atom. The summed E-state index contributed by atoms with van der Waals surface area (Å²) in [7, 11) is 0. The number of aryl methyl sites for hydroxylation is 1. The predicted molar refractivity (Wildman–Crippen MR) is 134 cm³/mol. The minimum absolute atomic E-state index is 0.0342. The van der Waals surface area contributed by atoms with Crippen LogP contribution in [0.25, 0.3) is 0 Å². The highest BCUT2D eigenvalue weighted by atomic mass is 16.5. The number of amides is 1. The maximum atomic E-state index is 13.6. The second kappa shape index (κ2) is 14.0. The van der Waals surface area contributed by atoms with Crippen LogP contribution in [0.15, 0.2) is 46.9 Å². The smallest absolute Gasteiger partial charge is 0.323 e. The van der Waals surface area contributed by atoms with Gasteiger partial charge in [0.2, 0.25) is 5.91 Å². The van der Waals surface area contributed by atoms with Crippen LogP contribution < -0.4 is 0 Å². The van der Waals surface area contributed by atoms with Crippen LogP contribution in [0.4, 0.5) is 0 Å². The number of nitrogens with zero attached hydrogens (tertiary/aromatic N) is 3. The van der Waals surface area contributed by atoms with E-state index in [0.29, 0.717) is 39.5 Å². The van der Waals surface area contributed by atoms with Gasteiger partial charge in [0.05, 0.1) is 32.9 Å². The van der Waals surface area contributed by atoms with Crippen molar-refractivity contribution in [2.45, 2.75) is 39.8 Å². The SMILES string of the molecule is CCOC(=O)[C@@H](C)N(CCN1CCOCC1)CC(=O)N(CCc1ccccc1)Cc1ccc(C)o1. The lowest BCUT2D eigenvalue weighted by Crippen LogP contribution is -2.50. The van der Waals surface area contributed by atoms with Gasteiger partial charge < -0.3 is 18.8 Å². The summed E-state index contributed by atoms with van der Waals surface area (Å²) in [4.78, 5) is 32.2. The molecule has 2 heterocycles. The van der Waals surface area contributed by atoms with Crippen LogP contribution >= 0.6 is 0 Å². The van der Waals surface area contributed by atoms with Crippen molar-refractivity contribution in [3.63, 3.8) is 0 Å². The van der Waals surface area contributed by atoms with Gasteiger partial charge in [0.15, 0.2) is 0 Å². The van der Waals surface area contributed by atoms with Crippen LogP contribution in [0.1, 0.15) is 30.9 Å². The number of esters is 1. The first kappa shape index (κ1) is 26.9. The summed E-state index contributed by atoms with van der Waals surface area (Å²) in [6.45, 7) is 11.4. The summed E-state index contributed by atoms with van der Waals surface area (Å²) in [6, 6.07) is 13.4. The summed E-state index contributed by atoms with van der Waals surface area (Å²) < 4.78 is 16.5. The Morgan fingerprint density at radius 2 is 1.83 bits per heavy atom. The molecule has 1 amide bonds. The van der Waals surface area contributed by atoms with E-state index in [-0.39, 0.29) is 18.4 Å². The lowest BCUT2D eigenvalue weighted by molar-refractivity contribution is -0.150. The number of carbonyl (C=O) groups is 2. The summed E-state index contributed by atoms with van der Waals surface area (Å²) in [5.74, 6) is 1.23. The number of hydrogen-bond donors (Lipinski definition) is 0. The second-order valence-electron chi connectivity index (χ2n) is 8.92. The quantitative estimate of drug-likeness (QED) is 0.404. The fourth-order valence-electron chi connectivity index (χ4n) is 4.15. The van der Waals surface area contributed by atoms with Gasteiger partial charge in [0.25, 0.3) is 0 Å². The summed E-state index contributed by atoms with van der Waals surface area (Å²) in [5, 5.41) is 0. The van der Waals surface area contributed by atoms with Crippen molar-refractivity contribution in [3.05, 3.63) is 59.5 Å². The Hall–Kier alpha value is -2.68. The third-order valence-electron chi connectivity index (χ3n) is 6.33. The third kappa shape index (κ3) is 8.80. The molecule has 0 bridgehead atoms. The van der Waals surface area contributed by atoms with Crippen molar-refractivity contribution < 1.29 is 23.5 Å². The van der Waals surface area contributed by atoms with Gasteiger partial charge in [-0.1, -0.05) is 30.3 Å². The second-order valence-corrected chi connectivity index (χ2v) is 8.92. The van der Waals surface area contributed by atoms with Crippen molar-refractivity contribution in [1.29, 1.82) is 0 Å². The van der Waals surface area contributed by atoms with Crippen LogP contribution in [0.3, 0.4) is 0 Å². The molecule has 1 saturated heterocycles. The molecule has 1 aromatic carbocycles. The zero-order valence-corrected chi connectivity index (χ0v) is 21.3.